The van der Waals surface area contributed by atoms with Crippen LogP contribution in [0.25, 0.3) is 0 Å². The minimum atomic E-state index is -1.14. The van der Waals surface area contributed by atoms with Crippen molar-refractivity contribution >= 4 is 11.9 Å². The fraction of sp³-hybridized carbons (Fsp3) is 0.571. The Kier molecular flexibility index (Phi) is 3.05. The first-order chi connectivity index (χ1) is 9.16. The van der Waals surface area contributed by atoms with Crippen LogP contribution in [0, 0.1) is 5.92 Å². The molecule has 102 valence electrons. The van der Waals surface area contributed by atoms with Crippen molar-refractivity contribution in [1.29, 1.82) is 0 Å². The van der Waals surface area contributed by atoms with Gasteiger partial charge in [-0.05, 0) is 43.7 Å². The Balaban J connectivity index is 1.80. The van der Waals surface area contributed by atoms with Gasteiger partial charge in [0.15, 0.2) is 5.76 Å². The van der Waals surface area contributed by atoms with Crippen LogP contribution < -0.4 is 0 Å². The van der Waals surface area contributed by atoms with Gasteiger partial charge in [0.2, 0.25) is 5.76 Å². The number of hydrogen-bond donors (Lipinski definition) is 1. The van der Waals surface area contributed by atoms with Crippen LogP contribution in [0.1, 0.15) is 53.2 Å². The van der Waals surface area contributed by atoms with Gasteiger partial charge in [0, 0.05) is 12.6 Å². The van der Waals surface area contributed by atoms with Gasteiger partial charge in [-0.2, -0.15) is 0 Å². The van der Waals surface area contributed by atoms with Crippen LogP contribution in [-0.4, -0.2) is 34.5 Å². The third kappa shape index (κ3) is 2.13. The molecule has 0 radical (unpaired) electrons. The third-order valence-electron chi connectivity index (χ3n) is 4.28. The monoisotopic (exact) mass is 263 g/mol. The second kappa shape index (κ2) is 4.72. The van der Waals surface area contributed by atoms with Gasteiger partial charge < -0.3 is 14.4 Å². The Hall–Kier alpha value is -1.78. The summed E-state index contributed by atoms with van der Waals surface area (Å²) >= 11 is 0. The number of carbonyl (C=O) groups excluding carboxylic acids is 1. The summed E-state index contributed by atoms with van der Waals surface area (Å²) in [4.78, 5) is 25.1. The van der Waals surface area contributed by atoms with E-state index in [1.807, 2.05) is 4.90 Å². The Morgan fingerprint density at radius 1 is 1.16 bits per heavy atom. The summed E-state index contributed by atoms with van der Waals surface area (Å²) in [5, 5.41) is 8.82. The average molecular weight is 263 g/mol. The molecule has 2 atom stereocenters. The number of carbonyl (C=O) groups is 2. The smallest absolute Gasteiger partial charge is 0.371 e. The van der Waals surface area contributed by atoms with Crippen LogP contribution in [-0.2, 0) is 0 Å². The van der Waals surface area contributed by atoms with E-state index >= 15 is 0 Å². The molecule has 0 unspecified atom stereocenters. The van der Waals surface area contributed by atoms with Crippen LogP contribution in [0.15, 0.2) is 16.5 Å². The topological polar surface area (TPSA) is 70.8 Å². The summed E-state index contributed by atoms with van der Waals surface area (Å²) < 4.78 is 5.12. The number of rotatable bonds is 2. The minimum Gasteiger partial charge on any atom is -0.475 e. The molecule has 1 saturated heterocycles. The SMILES string of the molecule is O=C(O)c1ccc(C(=O)N2CCC[C@H]3CCC[C@@H]32)o1. The van der Waals surface area contributed by atoms with Gasteiger partial charge in [-0.15, -0.1) is 0 Å². The second-order valence-electron chi connectivity index (χ2n) is 5.37. The molecule has 1 amide bonds. The average Bonchev–Trinajstić information content (AvgIpc) is 3.06. The summed E-state index contributed by atoms with van der Waals surface area (Å²) in [6, 6.07) is 3.12. The number of carboxylic acid groups (broad SMARTS) is 1. The van der Waals surface area contributed by atoms with E-state index in [9.17, 15) is 9.59 Å². The highest BCUT2D eigenvalue weighted by Gasteiger charge is 2.38. The van der Waals surface area contributed by atoms with Gasteiger partial charge in [-0.3, -0.25) is 4.79 Å². The molecule has 1 aliphatic heterocycles. The van der Waals surface area contributed by atoms with Crippen LogP contribution in [0.2, 0.25) is 0 Å². The highest BCUT2D eigenvalue weighted by atomic mass is 16.4. The van der Waals surface area contributed by atoms with E-state index in [0.717, 1.165) is 19.4 Å². The third-order valence-corrected chi connectivity index (χ3v) is 4.28. The van der Waals surface area contributed by atoms with Crippen LogP contribution in [0.4, 0.5) is 0 Å². The minimum absolute atomic E-state index is 0.143. The lowest BCUT2D eigenvalue weighted by Crippen LogP contribution is -2.46. The summed E-state index contributed by atoms with van der Waals surface area (Å²) in [6.07, 6.45) is 5.67. The number of aromatic carboxylic acids is 1. The molecule has 1 aliphatic carbocycles. The van der Waals surface area contributed by atoms with Crippen molar-refractivity contribution in [2.45, 2.75) is 38.1 Å². The van der Waals surface area contributed by atoms with E-state index in [0.29, 0.717) is 12.0 Å². The largest absolute Gasteiger partial charge is 0.475 e. The van der Waals surface area contributed by atoms with Crippen LogP contribution >= 0.6 is 0 Å². The van der Waals surface area contributed by atoms with E-state index in [-0.39, 0.29) is 17.4 Å². The van der Waals surface area contributed by atoms with Crippen molar-refractivity contribution in [3.05, 3.63) is 23.7 Å². The zero-order valence-electron chi connectivity index (χ0n) is 10.7. The molecular formula is C14H17NO4. The van der Waals surface area contributed by atoms with E-state index < -0.39 is 5.97 Å². The van der Waals surface area contributed by atoms with E-state index in [1.165, 1.54) is 31.4 Å². The van der Waals surface area contributed by atoms with Crippen molar-refractivity contribution in [2.24, 2.45) is 5.92 Å². The van der Waals surface area contributed by atoms with Gasteiger partial charge in [-0.25, -0.2) is 4.79 Å². The number of piperidine rings is 1. The van der Waals surface area contributed by atoms with Crippen LogP contribution in [0.5, 0.6) is 0 Å². The molecule has 1 N–H and O–H groups in total. The predicted molar refractivity (Wildman–Crippen MR) is 67.1 cm³/mol. The molecule has 3 rings (SSSR count). The van der Waals surface area contributed by atoms with E-state index in [2.05, 4.69) is 0 Å². The first kappa shape index (κ1) is 12.3. The van der Waals surface area contributed by atoms with Gasteiger partial charge in [0.05, 0.1) is 0 Å². The van der Waals surface area contributed by atoms with Crippen molar-refractivity contribution in [1.82, 2.24) is 4.90 Å². The quantitative estimate of drug-likeness (QED) is 0.889. The molecule has 1 aromatic rings. The molecule has 2 fully saturated rings. The summed E-state index contributed by atoms with van der Waals surface area (Å²) in [5.41, 5.74) is 0. The fourth-order valence-corrected chi connectivity index (χ4v) is 3.42. The molecule has 0 aromatic carbocycles. The number of amides is 1. The molecule has 1 aromatic heterocycles. The van der Waals surface area contributed by atoms with Crippen molar-refractivity contribution in [3.8, 4) is 0 Å². The Morgan fingerprint density at radius 2 is 1.89 bits per heavy atom. The molecule has 0 bridgehead atoms. The van der Waals surface area contributed by atoms with Crippen molar-refractivity contribution in [3.63, 3.8) is 0 Å². The second-order valence-corrected chi connectivity index (χ2v) is 5.37. The van der Waals surface area contributed by atoms with Gasteiger partial charge >= 0.3 is 5.97 Å². The van der Waals surface area contributed by atoms with Crippen molar-refractivity contribution in [2.75, 3.05) is 6.54 Å². The number of likely N-dealkylation sites (tertiary alicyclic amines) is 1. The van der Waals surface area contributed by atoms with Gasteiger partial charge in [-0.1, -0.05) is 6.42 Å². The fourth-order valence-electron chi connectivity index (χ4n) is 3.42. The lowest BCUT2D eigenvalue weighted by Gasteiger charge is -2.37. The summed E-state index contributed by atoms with van der Waals surface area (Å²) in [5.74, 6) is -0.722. The molecule has 5 nitrogen and oxygen atoms in total. The molecule has 0 spiro atoms. The zero-order chi connectivity index (χ0) is 13.4. The normalized spacial score (nSPS) is 26.2. The molecular weight excluding hydrogens is 246 g/mol. The lowest BCUT2D eigenvalue weighted by molar-refractivity contribution is 0.0510. The predicted octanol–water partition coefficient (Wildman–Crippen LogP) is 2.38. The number of hydrogen-bond acceptors (Lipinski definition) is 3. The number of nitrogens with zero attached hydrogens (tertiary/aromatic N) is 1. The standard InChI is InChI=1S/C14H17NO4/c16-13(11-6-7-12(19-11)14(17)18)15-8-2-4-9-3-1-5-10(9)15/h6-7,9-10H,1-5,8H2,(H,17,18)/t9-,10+/m1/s1. The lowest BCUT2D eigenvalue weighted by atomic mass is 9.92. The first-order valence-corrected chi connectivity index (χ1v) is 6.81. The summed E-state index contributed by atoms with van der Waals surface area (Å²) in [6.45, 7) is 0.753. The highest BCUT2D eigenvalue weighted by Crippen LogP contribution is 2.37. The number of carboxylic acids is 1. The van der Waals surface area contributed by atoms with E-state index in [1.54, 1.807) is 0 Å². The maximum absolute atomic E-state index is 12.4. The molecule has 2 heterocycles. The Bertz CT molecular complexity index is 507. The van der Waals surface area contributed by atoms with Gasteiger partial charge in [0.1, 0.15) is 0 Å². The molecule has 5 heteroatoms. The molecule has 2 aliphatic rings. The summed E-state index contributed by atoms with van der Waals surface area (Å²) in [7, 11) is 0. The van der Waals surface area contributed by atoms with E-state index in [4.69, 9.17) is 9.52 Å². The van der Waals surface area contributed by atoms with Gasteiger partial charge in [0.25, 0.3) is 5.91 Å². The number of fused-ring (bicyclic) bond motifs is 1. The number of furan rings is 1. The first-order valence-electron chi connectivity index (χ1n) is 6.81. The van der Waals surface area contributed by atoms with Crippen molar-refractivity contribution < 1.29 is 19.1 Å². The molecule has 19 heavy (non-hydrogen) atoms. The van der Waals surface area contributed by atoms with Crippen LogP contribution in [0.3, 0.4) is 0 Å². The maximum atomic E-state index is 12.4. The highest BCUT2D eigenvalue weighted by molar-refractivity contribution is 5.93. The Labute approximate surface area is 111 Å². The molecule has 1 saturated carbocycles. The Morgan fingerprint density at radius 3 is 2.63 bits per heavy atom. The zero-order valence-corrected chi connectivity index (χ0v) is 10.7. The maximum Gasteiger partial charge on any atom is 0.371 e.